The summed E-state index contributed by atoms with van der Waals surface area (Å²) in [5.74, 6) is -12.6. The van der Waals surface area contributed by atoms with Gasteiger partial charge in [0.15, 0.2) is 17.6 Å². The molecule has 12 atom stereocenters. The molecule has 0 radical (unpaired) electrons. The Hall–Kier alpha value is -10.2. The van der Waals surface area contributed by atoms with Gasteiger partial charge >= 0.3 is 36.4 Å². The Morgan fingerprint density at radius 1 is 0.328 bits per heavy atom. The fourth-order valence-corrected chi connectivity index (χ4v) is 12.7. The second kappa shape index (κ2) is 51.3. The molecule has 0 aromatic heterocycles. The Labute approximate surface area is 754 Å². The zero-order valence-electron chi connectivity index (χ0n) is 81.2. The molecule has 0 bridgehead atoms. The van der Waals surface area contributed by atoms with Crippen molar-refractivity contribution in [2.24, 2.45) is 23.0 Å². The summed E-state index contributed by atoms with van der Waals surface area (Å²) in [6.45, 7) is 47.0. The zero-order chi connectivity index (χ0) is 98.9. The lowest BCUT2D eigenvalue weighted by Crippen LogP contribution is -2.62. The van der Waals surface area contributed by atoms with Crippen LogP contribution in [-0.2, 0) is 90.7 Å². The van der Waals surface area contributed by atoms with Crippen molar-refractivity contribution in [1.29, 1.82) is 0 Å². The molecule has 128 heavy (non-hydrogen) atoms. The molecule has 0 saturated heterocycles. The third kappa shape index (κ3) is 50.0. The van der Waals surface area contributed by atoms with Gasteiger partial charge in [-0.3, -0.25) is 52.7 Å². The van der Waals surface area contributed by atoms with E-state index in [1.165, 1.54) is 20.8 Å². The number of alkyl carbamates (subject to hydrolysis) is 5. The number of amides is 14. The fraction of sp³-hybridized carbons (Fsp3) is 0.782. The predicted molar refractivity (Wildman–Crippen MR) is 475 cm³/mol. The van der Waals surface area contributed by atoms with Crippen LogP contribution in [0.25, 0.3) is 0 Å². The molecule has 0 spiro atoms. The van der Waals surface area contributed by atoms with Crippen LogP contribution in [0.4, 0.5) is 24.0 Å². The summed E-state index contributed by atoms with van der Waals surface area (Å²) >= 11 is 0. The van der Waals surface area contributed by atoms with Gasteiger partial charge in [0.05, 0.1) is 35.0 Å². The first-order chi connectivity index (χ1) is 58.2. The van der Waals surface area contributed by atoms with Crippen LogP contribution in [0.3, 0.4) is 0 Å². The van der Waals surface area contributed by atoms with Gasteiger partial charge in [-0.1, -0.05) is 41.5 Å². The standard InChI is InChI=1S/C87H154N16O25/c1-47(2)43-58(71(112)98-54(33-39-91-76(118)125-83(17,18)19)67(108)97-57(36-42-94-79(121)128-86(26,27)28)70(111)103-64(74(115)116)51(7)123-81(11,12)13)101-72(113)59(44-48(3)4)100-69(110)55(34-40-92-77(119)126-84(20,21)22)96-66(107)53(32-38-89-49(5)62-60(104)45-87(29,30)46-61(62)105)95-68(109)56(35-41-93-78(120)127-85(23,24)25)99-73(114)63(50(6)122-80(8,9)10)102-65(106)52(88)31-37-90-75(117)124-82(14,15)16/h47-48,50-59,63-64,89H,31-46,88H2,1-30H3,(H,90,117)(H,91,118)(H,92,119)(H,93,120)(H,94,121)(H,95,109)(H,96,107)(H,97,108)(H,98,112)(H,99,114)(H,100,110)(H,101,113)(H,102,106)(H,103,111)(H,115,116)/t50-,51-,52+,53+,54+,55+,56+,57+,58+,59-,63+,64+/m1/s1. The Bertz CT molecular complexity index is 3800. The van der Waals surface area contributed by atoms with Crippen LogP contribution in [0.5, 0.6) is 0 Å². The van der Waals surface area contributed by atoms with Crippen LogP contribution in [0.15, 0.2) is 11.3 Å². The summed E-state index contributed by atoms with van der Waals surface area (Å²) in [6, 6.07) is -16.4. The Kier molecular flexibility index (Phi) is 46.4. The molecule has 1 aliphatic rings. The van der Waals surface area contributed by atoms with E-state index in [0.29, 0.717) is 0 Å². The number of Topliss-reactive ketones (excluding diaryl/α,β-unsaturated/α-hetero) is 2. The van der Waals surface area contributed by atoms with Gasteiger partial charge in [0, 0.05) is 57.8 Å². The Balaban J connectivity index is 4.37. The van der Waals surface area contributed by atoms with Crippen LogP contribution < -0.4 is 85.5 Å². The van der Waals surface area contributed by atoms with Gasteiger partial charge in [-0.15, -0.1) is 0 Å². The summed E-state index contributed by atoms with van der Waals surface area (Å²) in [5.41, 5.74) is -0.993. The maximum absolute atomic E-state index is 15.5. The number of ether oxygens (including phenoxy) is 7. The highest BCUT2D eigenvalue weighted by Gasteiger charge is 2.42. The number of nitrogens with one attached hydrogen (secondary N) is 15. The molecule has 41 heteroatoms. The summed E-state index contributed by atoms with van der Waals surface area (Å²) in [7, 11) is 0. The van der Waals surface area contributed by atoms with E-state index in [9.17, 15) is 62.6 Å². The maximum atomic E-state index is 15.5. The van der Waals surface area contributed by atoms with E-state index in [0.717, 1.165) is 0 Å². The van der Waals surface area contributed by atoms with Crippen molar-refractivity contribution in [3.05, 3.63) is 11.3 Å². The smallest absolute Gasteiger partial charge is 0.407 e. The third-order valence-corrected chi connectivity index (χ3v) is 17.9. The minimum absolute atomic E-state index is 0.0235. The van der Waals surface area contributed by atoms with Crippen LogP contribution in [0.1, 0.15) is 272 Å². The van der Waals surface area contributed by atoms with Crippen molar-refractivity contribution >= 4 is 101 Å². The average Bonchev–Trinajstić information content (AvgIpc) is 0.805. The van der Waals surface area contributed by atoms with E-state index >= 15 is 24.0 Å². The molecule has 1 aliphatic carbocycles. The van der Waals surface area contributed by atoms with Crippen molar-refractivity contribution in [3.63, 3.8) is 0 Å². The summed E-state index contributed by atoms with van der Waals surface area (Å²) in [4.78, 5) is 239. The molecule has 0 heterocycles. The lowest BCUT2D eigenvalue weighted by atomic mass is 9.73. The number of carbonyl (C=O) groups is 17. The molecule has 1 rings (SSSR count). The van der Waals surface area contributed by atoms with Gasteiger partial charge < -0.3 is 124 Å². The Morgan fingerprint density at radius 2 is 0.555 bits per heavy atom. The largest absolute Gasteiger partial charge is 0.480 e. The van der Waals surface area contributed by atoms with Gasteiger partial charge in [0.25, 0.3) is 0 Å². The van der Waals surface area contributed by atoms with Crippen LogP contribution in [-0.4, -0.2) is 257 Å². The second-order valence-corrected chi connectivity index (χ2v) is 40.6. The monoisotopic (exact) mass is 1820 g/mol. The number of ketones is 2. The average molecular weight is 1820 g/mol. The quantitative estimate of drug-likeness (QED) is 0.0215. The van der Waals surface area contributed by atoms with Gasteiger partial charge in [0.2, 0.25) is 53.2 Å². The lowest BCUT2D eigenvalue weighted by Gasteiger charge is -2.32. The number of carbonyl (C=O) groups excluding carboxylic acids is 16. The van der Waals surface area contributed by atoms with Gasteiger partial charge in [-0.2, -0.15) is 0 Å². The first-order valence-corrected chi connectivity index (χ1v) is 43.7. The highest BCUT2D eigenvalue weighted by Crippen LogP contribution is 2.34. The van der Waals surface area contributed by atoms with E-state index in [4.69, 9.17) is 38.9 Å². The zero-order valence-corrected chi connectivity index (χ0v) is 81.2. The Morgan fingerprint density at radius 3 is 0.812 bits per heavy atom. The molecule has 0 aliphatic heterocycles. The summed E-state index contributed by atoms with van der Waals surface area (Å²) in [6.07, 6.45) is -9.38. The van der Waals surface area contributed by atoms with Gasteiger partial charge in [0.1, 0.15) is 76.3 Å². The van der Waals surface area contributed by atoms with E-state index in [1.807, 2.05) is 0 Å². The van der Waals surface area contributed by atoms with E-state index in [-0.39, 0.29) is 76.1 Å². The summed E-state index contributed by atoms with van der Waals surface area (Å²) < 4.78 is 39.0. The first kappa shape index (κ1) is 116. The summed E-state index contributed by atoms with van der Waals surface area (Å²) in [5, 5.41) is 49.5. The van der Waals surface area contributed by atoms with Crippen molar-refractivity contribution in [1.82, 2.24) is 79.8 Å². The SMILES string of the molecule is CC(NCC[C@H](NC(=O)[C@H](CCNC(=O)OC(C)(C)C)NC(=O)[C@@H](NC(=O)[C@@H](N)CCNC(=O)OC(C)(C)C)[C@@H](C)OC(C)(C)C)C(=O)N[C@@H](CCNC(=O)OC(C)(C)C)C(=O)N[C@H](CC(C)C)C(=O)N[C@@H](CC(C)C)C(=O)N[C@@H](CCNC(=O)OC(C)(C)C)C(=O)N[C@@H](CCNC(=O)OC(C)(C)C)C(=O)N[C@H](C(=O)O)[C@@H](C)OC(C)(C)C)=C1C(=O)CC(C)(C)CC1=O. The number of aliphatic carboxylic acids is 1. The number of nitrogens with two attached hydrogens (primary N) is 1. The highest BCUT2D eigenvalue weighted by atomic mass is 16.6. The lowest BCUT2D eigenvalue weighted by molar-refractivity contribution is -0.150. The molecule has 1 fully saturated rings. The molecule has 732 valence electrons. The van der Waals surface area contributed by atoms with Crippen LogP contribution >= 0.6 is 0 Å². The van der Waals surface area contributed by atoms with Crippen molar-refractivity contribution in [2.45, 2.75) is 384 Å². The fourth-order valence-electron chi connectivity index (χ4n) is 12.7. The van der Waals surface area contributed by atoms with Crippen LogP contribution in [0, 0.1) is 17.3 Å². The van der Waals surface area contributed by atoms with Gasteiger partial charge in [-0.25, -0.2) is 28.8 Å². The normalized spacial score (nSPS) is 16.1. The molecule has 41 nitrogen and oxygen atoms in total. The number of rotatable bonds is 46. The molecular weight excluding hydrogens is 1670 g/mol. The topological polar surface area (TPSA) is 582 Å². The van der Waals surface area contributed by atoms with Crippen molar-refractivity contribution in [3.8, 4) is 0 Å². The molecule has 18 N–H and O–H groups in total. The molecule has 0 unspecified atom stereocenters. The molecular formula is C87H154N16O25. The first-order valence-electron chi connectivity index (χ1n) is 43.7. The highest BCUT2D eigenvalue weighted by molar-refractivity contribution is 6.22. The number of allylic oxidation sites excluding steroid dienone is 2. The van der Waals surface area contributed by atoms with Gasteiger partial charge in [-0.05, 0) is 235 Å². The van der Waals surface area contributed by atoms with E-state index in [1.54, 1.807) is 187 Å². The predicted octanol–water partition coefficient (Wildman–Crippen LogP) is 5.05. The minimum Gasteiger partial charge on any atom is -0.480 e. The number of carboxylic acid groups (broad SMARTS) is 1. The van der Waals surface area contributed by atoms with Crippen molar-refractivity contribution in [2.75, 3.05) is 39.3 Å². The molecule has 0 aromatic carbocycles. The number of hydrogen-bond donors (Lipinski definition) is 17. The van der Waals surface area contributed by atoms with Crippen molar-refractivity contribution < 1.29 is 120 Å². The third-order valence-electron chi connectivity index (χ3n) is 17.9. The molecule has 1 saturated carbocycles. The maximum Gasteiger partial charge on any atom is 0.407 e. The van der Waals surface area contributed by atoms with E-state index in [2.05, 4.69) is 79.8 Å². The number of hydrogen-bond acceptors (Lipinski definition) is 26. The molecule has 14 amide bonds. The minimum atomic E-state index is -1.78. The number of carboxylic acids is 1. The molecule has 0 aromatic rings. The van der Waals surface area contributed by atoms with E-state index < -0.39 is 269 Å². The second-order valence-electron chi connectivity index (χ2n) is 40.6. The van der Waals surface area contributed by atoms with Crippen LogP contribution in [0.2, 0.25) is 0 Å².